The molecule has 4 rings (SSSR count). The van der Waals surface area contributed by atoms with Gasteiger partial charge in [0.15, 0.2) is 0 Å². The van der Waals surface area contributed by atoms with Crippen molar-refractivity contribution in [2.75, 3.05) is 24.5 Å². The number of fused-ring (bicyclic) bond motifs is 2. The molecule has 108 valence electrons. The van der Waals surface area contributed by atoms with Crippen molar-refractivity contribution in [1.82, 2.24) is 5.32 Å². The lowest BCUT2D eigenvalue weighted by Crippen LogP contribution is -2.39. The highest BCUT2D eigenvalue weighted by Crippen LogP contribution is 2.56. The monoisotopic (exact) mass is 292 g/mol. The van der Waals surface area contributed by atoms with Gasteiger partial charge >= 0.3 is 0 Å². The van der Waals surface area contributed by atoms with Crippen molar-refractivity contribution in [2.45, 2.75) is 31.1 Å². The van der Waals surface area contributed by atoms with E-state index in [0.717, 1.165) is 24.7 Å². The molecule has 1 N–H and O–H groups in total. The summed E-state index contributed by atoms with van der Waals surface area (Å²) in [5.41, 5.74) is 2.85. The van der Waals surface area contributed by atoms with Crippen LogP contribution in [-0.4, -0.2) is 25.5 Å². The van der Waals surface area contributed by atoms with Crippen LogP contribution < -0.4 is 10.2 Å². The molecular formula is C16H21ClN2O. The Labute approximate surface area is 126 Å². The van der Waals surface area contributed by atoms with Gasteiger partial charge in [-0.05, 0) is 49.8 Å². The molecule has 1 aromatic rings. The van der Waals surface area contributed by atoms with Crippen LogP contribution in [0.3, 0.4) is 0 Å². The van der Waals surface area contributed by atoms with E-state index in [4.69, 9.17) is 0 Å². The van der Waals surface area contributed by atoms with E-state index in [0.29, 0.717) is 12.0 Å². The summed E-state index contributed by atoms with van der Waals surface area (Å²) in [4.78, 5) is 14.4. The van der Waals surface area contributed by atoms with Gasteiger partial charge in [0, 0.05) is 17.6 Å². The third-order valence-electron chi connectivity index (χ3n) is 4.79. The van der Waals surface area contributed by atoms with Gasteiger partial charge in [-0.1, -0.05) is 18.2 Å². The molecule has 0 bridgehead atoms. The first-order valence-electron chi connectivity index (χ1n) is 7.39. The second kappa shape index (κ2) is 5.05. The number of carbonyl (C=O) groups is 1. The van der Waals surface area contributed by atoms with Gasteiger partial charge in [-0.2, -0.15) is 0 Å². The molecule has 20 heavy (non-hydrogen) atoms. The summed E-state index contributed by atoms with van der Waals surface area (Å²) in [5.74, 6) is 1.06. The van der Waals surface area contributed by atoms with Crippen molar-refractivity contribution < 1.29 is 4.79 Å². The number of hydrogen-bond donors (Lipinski definition) is 1. The first kappa shape index (κ1) is 13.9. The Morgan fingerprint density at radius 1 is 1.30 bits per heavy atom. The number of halogens is 1. The van der Waals surface area contributed by atoms with E-state index in [1.807, 2.05) is 11.0 Å². The Kier molecular flexibility index (Phi) is 3.51. The van der Waals surface area contributed by atoms with Crippen LogP contribution in [0.1, 0.15) is 31.2 Å². The fraction of sp³-hybridized carbons (Fsp3) is 0.562. The summed E-state index contributed by atoms with van der Waals surface area (Å²) in [6, 6.07) is 8.44. The normalized spacial score (nSPS) is 21.5. The molecule has 1 aliphatic heterocycles. The zero-order chi connectivity index (χ0) is 12.9. The quantitative estimate of drug-likeness (QED) is 0.925. The topological polar surface area (TPSA) is 32.3 Å². The molecular weight excluding hydrogens is 272 g/mol. The van der Waals surface area contributed by atoms with E-state index in [2.05, 4.69) is 23.5 Å². The van der Waals surface area contributed by atoms with E-state index < -0.39 is 0 Å². The molecule has 2 fully saturated rings. The summed E-state index contributed by atoms with van der Waals surface area (Å²) in [7, 11) is 0. The van der Waals surface area contributed by atoms with Gasteiger partial charge in [0.1, 0.15) is 0 Å². The van der Waals surface area contributed by atoms with E-state index in [1.165, 1.54) is 31.2 Å². The summed E-state index contributed by atoms with van der Waals surface area (Å²) in [5, 5.41) is 3.31. The second-order valence-corrected chi connectivity index (χ2v) is 6.35. The smallest absolute Gasteiger partial charge is 0.240 e. The molecule has 3 aliphatic rings. The largest absolute Gasteiger partial charge is 0.310 e. The lowest BCUT2D eigenvalue weighted by molar-refractivity contribution is -0.117. The SMILES string of the molecule is Cl.O=C(CNCC1CC1)N1CC2(CC2)c2ccccc21. The van der Waals surface area contributed by atoms with Gasteiger partial charge < -0.3 is 10.2 Å². The van der Waals surface area contributed by atoms with Crippen LogP contribution in [0.4, 0.5) is 5.69 Å². The van der Waals surface area contributed by atoms with Crippen LogP contribution >= 0.6 is 12.4 Å². The Hall–Kier alpha value is -1.06. The molecule has 0 aromatic heterocycles. The molecule has 0 atom stereocenters. The first-order chi connectivity index (χ1) is 9.28. The van der Waals surface area contributed by atoms with Crippen molar-refractivity contribution in [2.24, 2.45) is 5.92 Å². The van der Waals surface area contributed by atoms with Crippen molar-refractivity contribution in [1.29, 1.82) is 0 Å². The number of hydrogen-bond acceptors (Lipinski definition) is 2. The van der Waals surface area contributed by atoms with E-state index >= 15 is 0 Å². The predicted octanol–water partition coefficient (Wildman–Crippen LogP) is 2.49. The fourth-order valence-electron chi connectivity index (χ4n) is 3.23. The molecule has 4 heteroatoms. The Morgan fingerprint density at radius 2 is 2.05 bits per heavy atom. The molecule has 1 spiro atoms. The molecule has 1 amide bonds. The highest BCUT2D eigenvalue weighted by atomic mass is 35.5. The summed E-state index contributed by atoms with van der Waals surface area (Å²) in [6.45, 7) is 2.39. The molecule has 1 aromatic carbocycles. The van der Waals surface area contributed by atoms with Crippen LogP contribution in [0.25, 0.3) is 0 Å². The molecule has 0 saturated heterocycles. The third-order valence-corrected chi connectivity index (χ3v) is 4.79. The molecule has 0 radical (unpaired) electrons. The number of carbonyl (C=O) groups excluding carboxylic acids is 1. The zero-order valence-electron chi connectivity index (χ0n) is 11.6. The minimum absolute atomic E-state index is 0. The van der Waals surface area contributed by atoms with Crippen LogP contribution in [0.2, 0.25) is 0 Å². The Balaban J connectivity index is 0.00000121. The fourth-order valence-corrected chi connectivity index (χ4v) is 3.23. The van der Waals surface area contributed by atoms with Gasteiger partial charge in [0.2, 0.25) is 5.91 Å². The lowest BCUT2D eigenvalue weighted by atomic mass is 9.99. The highest BCUT2D eigenvalue weighted by molar-refractivity contribution is 5.98. The van der Waals surface area contributed by atoms with Crippen molar-refractivity contribution in [3.05, 3.63) is 29.8 Å². The summed E-state index contributed by atoms with van der Waals surface area (Å²) < 4.78 is 0. The van der Waals surface area contributed by atoms with E-state index in [-0.39, 0.29) is 18.3 Å². The standard InChI is InChI=1S/C16H20N2O.ClH/c19-15(10-17-9-12-5-6-12)18-11-16(7-8-16)13-3-1-2-4-14(13)18;/h1-4,12,17H,5-11H2;1H. The van der Waals surface area contributed by atoms with Crippen LogP contribution in [0.15, 0.2) is 24.3 Å². The van der Waals surface area contributed by atoms with Crippen LogP contribution in [0.5, 0.6) is 0 Å². The predicted molar refractivity (Wildman–Crippen MR) is 82.5 cm³/mol. The van der Waals surface area contributed by atoms with Gasteiger partial charge in [-0.25, -0.2) is 0 Å². The molecule has 2 saturated carbocycles. The minimum atomic E-state index is 0. The second-order valence-electron chi connectivity index (χ2n) is 6.35. The molecule has 1 heterocycles. The number of anilines is 1. The molecule has 3 nitrogen and oxygen atoms in total. The van der Waals surface area contributed by atoms with E-state index in [9.17, 15) is 4.79 Å². The maximum Gasteiger partial charge on any atom is 0.240 e. The van der Waals surface area contributed by atoms with Crippen LogP contribution in [-0.2, 0) is 10.2 Å². The maximum atomic E-state index is 12.4. The Bertz CT molecular complexity index is 523. The molecule has 2 aliphatic carbocycles. The molecule has 0 unspecified atom stereocenters. The number of amides is 1. The van der Waals surface area contributed by atoms with Gasteiger partial charge in [-0.15, -0.1) is 12.4 Å². The van der Waals surface area contributed by atoms with Gasteiger partial charge in [0.25, 0.3) is 0 Å². The number of para-hydroxylation sites is 1. The Morgan fingerprint density at radius 3 is 2.75 bits per heavy atom. The minimum Gasteiger partial charge on any atom is -0.310 e. The number of benzene rings is 1. The number of rotatable bonds is 4. The van der Waals surface area contributed by atoms with Crippen molar-refractivity contribution >= 4 is 24.0 Å². The zero-order valence-corrected chi connectivity index (χ0v) is 12.4. The van der Waals surface area contributed by atoms with Gasteiger partial charge in [0.05, 0.1) is 6.54 Å². The van der Waals surface area contributed by atoms with Crippen molar-refractivity contribution in [3.8, 4) is 0 Å². The average molecular weight is 293 g/mol. The summed E-state index contributed by atoms with van der Waals surface area (Å²) >= 11 is 0. The highest BCUT2D eigenvalue weighted by Gasteiger charge is 2.52. The third kappa shape index (κ3) is 2.33. The average Bonchev–Trinajstić information content (AvgIpc) is 3.31. The van der Waals surface area contributed by atoms with Crippen molar-refractivity contribution in [3.63, 3.8) is 0 Å². The van der Waals surface area contributed by atoms with Crippen LogP contribution in [0, 0.1) is 5.92 Å². The lowest BCUT2D eigenvalue weighted by Gasteiger charge is -2.18. The van der Waals surface area contributed by atoms with Gasteiger partial charge in [-0.3, -0.25) is 4.79 Å². The maximum absolute atomic E-state index is 12.4. The summed E-state index contributed by atoms with van der Waals surface area (Å²) in [6.07, 6.45) is 5.14. The first-order valence-corrected chi connectivity index (χ1v) is 7.39. The number of nitrogens with one attached hydrogen (secondary N) is 1. The number of nitrogens with zero attached hydrogens (tertiary/aromatic N) is 1. The van der Waals surface area contributed by atoms with E-state index in [1.54, 1.807) is 0 Å².